The van der Waals surface area contributed by atoms with Gasteiger partial charge in [0.2, 0.25) is 0 Å². The molecule has 7 nitrogen and oxygen atoms in total. The minimum Gasteiger partial charge on any atom is -0.491 e. The standard InChI is InChI=1S/C21H21F3N4O3/c22-21(23,24)19-4-1-3-15(25-19)20(30)26-17-9-14-11-28(7-2-8-29)27-16(14)10-18(17)31-12-13-5-6-13/h1,3-4,9-11,13,29H,2,5-8,12H2,(H,26,30). The molecule has 2 heterocycles. The van der Waals surface area contributed by atoms with Crippen molar-refractivity contribution in [2.75, 3.05) is 18.5 Å². The van der Waals surface area contributed by atoms with Crippen LogP contribution < -0.4 is 10.1 Å². The van der Waals surface area contributed by atoms with E-state index in [4.69, 9.17) is 9.84 Å². The minimum absolute atomic E-state index is 0.0389. The van der Waals surface area contributed by atoms with Gasteiger partial charge in [-0.1, -0.05) is 6.07 Å². The summed E-state index contributed by atoms with van der Waals surface area (Å²) in [5.74, 6) is 0.0908. The van der Waals surface area contributed by atoms with Crippen LogP contribution in [0.3, 0.4) is 0 Å². The van der Waals surface area contributed by atoms with E-state index in [9.17, 15) is 18.0 Å². The van der Waals surface area contributed by atoms with E-state index >= 15 is 0 Å². The third-order valence-electron chi connectivity index (χ3n) is 4.89. The van der Waals surface area contributed by atoms with Crippen LogP contribution in [0, 0.1) is 5.92 Å². The summed E-state index contributed by atoms with van der Waals surface area (Å²) in [6.45, 7) is 1.05. The minimum atomic E-state index is -4.64. The van der Waals surface area contributed by atoms with Crippen LogP contribution in [0.25, 0.3) is 10.9 Å². The van der Waals surface area contributed by atoms with Crippen LogP contribution >= 0.6 is 0 Å². The quantitative estimate of drug-likeness (QED) is 0.562. The van der Waals surface area contributed by atoms with Crippen molar-refractivity contribution in [1.29, 1.82) is 0 Å². The second kappa shape index (κ2) is 8.54. The first-order valence-corrected chi connectivity index (χ1v) is 9.94. The molecule has 0 aliphatic heterocycles. The van der Waals surface area contributed by atoms with Gasteiger partial charge in [0.25, 0.3) is 5.91 Å². The summed E-state index contributed by atoms with van der Waals surface area (Å²) in [6, 6.07) is 6.55. The predicted molar refractivity (Wildman–Crippen MR) is 107 cm³/mol. The van der Waals surface area contributed by atoms with Gasteiger partial charge in [-0.25, -0.2) is 4.98 Å². The Balaban J connectivity index is 1.62. The number of benzene rings is 1. The average molecular weight is 434 g/mol. The maximum absolute atomic E-state index is 12.9. The number of aromatic nitrogens is 3. The molecule has 3 aromatic rings. The van der Waals surface area contributed by atoms with E-state index in [1.54, 1.807) is 23.0 Å². The van der Waals surface area contributed by atoms with Gasteiger partial charge in [-0.05, 0) is 43.4 Å². The molecule has 0 bridgehead atoms. The van der Waals surface area contributed by atoms with E-state index in [1.807, 2.05) is 0 Å². The molecule has 1 fully saturated rings. The maximum atomic E-state index is 12.9. The molecule has 2 aromatic heterocycles. The van der Waals surface area contributed by atoms with Gasteiger partial charge >= 0.3 is 6.18 Å². The van der Waals surface area contributed by atoms with Crippen LogP contribution in [-0.4, -0.2) is 39.0 Å². The zero-order valence-electron chi connectivity index (χ0n) is 16.5. The fourth-order valence-electron chi connectivity index (χ4n) is 3.07. The zero-order valence-corrected chi connectivity index (χ0v) is 16.5. The number of aryl methyl sites for hydroxylation is 1. The van der Waals surface area contributed by atoms with Gasteiger partial charge in [-0.15, -0.1) is 0 Å². The predicted octanol–water partition coefficient (Wildman–Crippen LogP) is 3.87. The monoisotopic (exact) mass is 434 g/mol. The molecule has 4 rings (SSSR count). The molecular weight excluding hydrogens is 413 g/mol. The number of pyridine rings is 1. The van der Waals surface area contributed by atoms with E-state index < -0.39 is 17.8 Å². The SMILES string of the molecule is O=C(Nc1cc2cn(CCCO)nc2cc1OCC1CC1)c1cccc(C(F)(F)F)n1. The second-order valence-electron chi connectivity index (χ2n) is 7.49. The molecule has 0 saturated heterocycles. The lowest BCUT2D eigenvalue weighted by molar-refractivity contribution is -0.141. The number of rotatable bonds is 8. The molecule has 1 aromatic carbocycles. The first kappa shape index (κ1) is 21.1. The Hall–Kier alpha value is -3.14. The van der Waals surface area contributed by atoms with Crippen molar-refractivity contribution in [2.45, 2.75) is 32.0 Å². The highest BCUT2D eigenvalue weighted by Crippen LogP contribution is 2.34. The number of nitrogens with zero attached hydrogens (tertiary/aromatic N) is 3. The van der Waals surface area contributed by atoms with Crippen molar-refractivity contribution in [1.82, 2.24) is 14.8 Å². The summed E-state index contributed by atoms with van der Waals surface area (Å²) in [5, 5.41) is 16.8. The van der Waals surface area contributed by atoms with Gasteiger partial charge in [0.05, 0.1) is 17.8 Å². The summed E-state index contributed by atoms with van der Waals surface area (Å²) >= 11 is 0. The average Bonchev–Trinajstić information content (AvgIpc) is 3.48. The number of hydrogen-bond acceptors (Lipinski definition) is 5. The molecule has 164 valence electrons. The van der Waals surface area contributed by atoms with Gasteiger partial charge in [0.15, 0.2) is 0 Å². The molecule has 0 radical (unpaired) electrons. The number of fused-ring (bicyclic) bond motifs is 1. The van der Waals surface area contributed by atoms with Crippen molar-refractivity contribution < 1.29 is 27.8 Å². The summed E-state index contributed by atoms with van der Waals surface area (Å²) in [6.07, 6.45) is -0.170. The number of ether oxygens (including phenoxy) is 1. The van der Waals surface area contributed by atoms with Crippen molar-refractivity contribution in [2.24, 2.45) is 5.92 Å². The Morgan fingerprint density at radius 1 is 1.29 bits per heavy atom. The molecule has 0 atom stereocenters. The molecule has 1 amide bonds. The van der Waals surface area contributed by atoms with Gasteiger partial charge in [-0.3, -0.25) is 9.48 Å². The van der Waals surface area contributed by atoms with Crippen LogP contribution in [0.1, 0.15) is 35.4 Å². The third kappa shape index (κ3) is 5.13. The van der Waals surface area contributed by atoms with Crippen LogP contribution in [0.2, 0.25) is 0 Å². The summed E-state index contributed by atoms with van der Waals surface area (Å²) in [5.41, 5.74) is -0.495. The smallest absolute Gasteiger partial charge is 0.433 e. The highest BCUT2D eigenvalue weighted by Gasteiger charge is 2.33. The Kier molecular flexibility index (Phi) is 5.81. The normalized spacial score (nSPS) is 14.1. The summed E-state index contributed by atoms with van der Waals surface area (Å²) < 4.78 is 46.3. The number of nitrogens with one attached hydrogen (secondary N) is 1. The van der Waals surface area contributed by atoms with Gasteiger partial charge < -0.3 is 15.2 Å². The van der Waals surface area contributed by atoms with Crippen LogP contribution in [-0.2, 0) is 12.7 Å². The molecule has 2 N–H and O–H groups in total. The first-order valence-electron chi connectivity index (χ1n) is 9.94. The zero-order chi connectivity index (χ0) is 22.0. The Morgan fingerprint density at radius 2 is 2.10 bits per heavy atom. The van der Waals surface area contributed by atoms with Crippen LogP contribution in [0.5, 0.6) is 5.75 Å². The number of carbonyl (C=O) groups is 1. The van der Waals surface area contributed by atoms with Crippen molar-refractivity contribution in [3.63, 3.8) is 0 Å². The van der Waals surface area contributed by atoms with Crippen LogP contribution in [0.4, 0.5) is 18.9 Å². The van der Waals surface area contributed by atoms with Crippen LogP contribution in [0.15, 0.2) is 36.5 Å². The Labute approximate surface area is 175 Å². The lowest BCUT2D eigenvalue weighted by atomic mass is 10.2. The fourth-order valence-corrected chi connectivity index (χ4v) is 3.07. The number of anilines is 1. The van der Waals surface area contributed by atoms with Crippen molar-refractivity contribution in [3.8, 4) is 5.75 Å². The van der Waals surface area contributed by atoms with E-state index in [1.165, 1.54) is 6.07 Å². The highest BCUT2D eigenvalue weighted by molar-refractivity contribution is 6.05. The molecule has 1 aliphatic rings. The summed E-state index contributed by atoms with van der Waals surface area (Å²) in [4.78, 5) is 16.1. The fraction of sp³-hybridized carbons (Fsp3) is 0.381. The summed E-state index contributed by atoms with van der Waals surface area (Å²) in [7, 11) is 0. The van der Waals surface area contributed by atoms with Gasteiger partial charge in [-0.2, -0.15) is 18.3 Å². The maximum Gasteiger partial charge on any atom is 0.433 e. The Morgan fingerprint density at radius 3 is 2.81 bits per heavy atom. The number of hydrogen-bond donors (Lipinski definition) is 2. The lowest BCUT2D eigenvalue weighted by Crippen LogP contribution is -2.17. The number of amides is 1. The number of carbonyl (C=O) groups excluding carboxylic acids is 1. The topological polar surface area (TPSA) is 89.3 Å². The number of alkyl halides is 3. The molecule has 1 aliphatic carbocycles. The van der Waals surface area contributed by atoms with Crippen molar-refractivity contribution in [3.05, 3.63) is 47.9 Å². The first-order chi connectivity index (χ1) is 14.8. The Bertz CT molecular complexity index is 1090. The molecule has 1 saturated carbocycles. The third-order valence-corrected chi connectivity index (χ3v) is 4.89. The van der Waals surface area contributed by atoms with Crippen molar-refractivity contribution >= 4 is 22.5 Å². The number of aliphatic hydroxyl groups is 1. The molecular formula is C21H21F3N4O3. The molecule has 10 heteroatoms. The lowest BCUT2D eigenvalue weighted by Gasteiger charge is -2.13. The molecule has 0 unspecified atom stereocenters. The van der Waals surface area contributed by atoms with E-state index in [0.29, 0.717) is 42.4 Å². The highest BCUT2D eigenvalue weighted by atomic mass is 19.4. The largest absolute Gasteiger partial charge is 0.491 e. The molecule has 0 spiro atoms. The number of aliphatic hydroxyl groups excluding tert-OH is 1. The molecule has 31 heavy (non-hydrogen) atoms. The van der Waals surface area contributed by atoms with Gasteiger partial charge in [0, 0.05) is 30.8 Å². The second-order valence-corrected chi connectivity index (χ2v) is 7.49. The van der Waals surface area contributed by atoms with Gasteiger partial charge in [0.1, 0.15) is 17.1 Å². The number of halogens is 3. The van der Waals surface area contributed by atoms with E-state index in [2.05, 4.69) is 15.4 Å². The van der Waals surface area contributed by atoms with E-state index in [-0.39, 0.29) is 12.3 Å². The van der Waals surface area contributed by atoms with E-state index in [0.717, 1.165) is 30.4 Å².